The fraction of sp³-hybridized carbons (Fsp3) is 0.909. The second-order valence-electron chi connectivity index (χ2n) is 5.09. The van der Waals surface area contributed by atoms with Gasteiger partial charge in [0.1, 0.15) is 0 Å². The molecule has 1 aliphatic carbocycles. The van der Waals surface area contributed by atoms with Gasteiger partial charge in [0.25, 0.3) is 0 Å². The summed E-state index contributed by atoms with van der Waals surface area (Å²) in [5.41, 5.74) is 6.13. The summed E-state index contributed by atoms with van der Waals surface area (Å²) in [5, 5.41) is 8.88. The number of piperidine rings is 1. The van der Waals surface area contributed by atoms with Crippen LogP contribution >= 0.6 is 0 Å². The first-order valence-electron chi connectivity index (χ1n) is 5.80. The molecule has 4 nitrogen and oxygen atoms in total. The fourth-order valence-electron chi connectivity index (χ4n) is 2.42. The topological polar surface area (TPSA) is 66.6 Å². The Bertz CT molecular complexity index is 243. The van der Waals surface area contributed by atoms with E-state index >= 15 is 0 Å². The van der Waals surface area contributed by atoms with Crippen molar-refractivity contribution in [1.29, 1.82) is 0 Å². The maximum absolute atomic E-state index is 10.8. The maximum atomic E-state index is 10.8. The van der Waals surface area contributed by atoms with Crippen molar-refractivity contribution in [2.45, 2.75) is 25.7 Å². The van der Waals surface area contributed by atoms with E-state index in [-0.39, 0.29) is 5.92 Å². The molecule has 0 radical (unpaired) electrons. The maximum Gasteiger partial charge on any atom is 0.306 e. The van der Waals surface area contributed by atoms with Crippen LogP contribution in [0.15, 0.2) is 0 Å². The smallest absolute Gasteiger partial charge is 0.306 e. The van der Waals surface area contributed by atoms with Gasteiger partial charge < -0.3 is 15.7 Å². The van der Waals surface area contributed by atoms with Crippen molar-refractivity contribution in [3.05, 3.63) is 0 Å². The summed E-state index contributed by atoms with van der Waals surface area (Å²) >= 11 is 0. The fourth-order valence-corrected chi connectivity index (χ4v) is 2.42. The molecule has 4 heteroatoms. The summed E-state index contributed by atoms with van der Waals surface area (Å²) in [6, 6.07) is 0. The number of carboxylic acids is 1. The minimum Gasteiger partial charge on any atom is -0.481 e. The summed E-state index contributed by atoms with van der Waals surface area (Å²) in [4.78, 5) is 13.2. The minimum atomic E-state index is -0.630. The lowest BCUT2D eigenvalue weighted by Gasteiger charge is -2.32. The number of hydrogen-bond donors (Lipinski definition) is 2. The van der Waals surface area contributed by atoms with Crippen molar-refractivity contribution >= 4 is 5.97 Å². The number of likely N-dealkylation sites (tertiary alicyclic amines) is 1. The van der Waals surface area contributed by atoms with Crippen LogP contribution in [0.5, 0.6) is 0 Å². The summed E-state index contributed by atoms with van der Waals surface area (Å²) in [6.07, 6.45) is 4.11. The van der Waals surface area contributed by atoms with Crippen molar-refractivity contribution < 1.29 is 9.90 Å². The molecule has 0 unspecified atom stereocenters. The first-order valence-corrected chi connectivity index (χ1v) is 5.80. The number of rotatable bonds is 4. The zero-order chi connectivity index (χ0) is 10.9. The quantitative estimate of drug-likeness (QED) is 0.713. The van der Waals surface area contributed by atoms with E-state index in [1.165, 1.54) is 12.8 Å². The summed E-state index contributed by atoms with van der Waals surface area (Å²) in [6.45, 7) is 3.72. The molecule has 2 rings (SSSR count). The molecule has 0 aromatic carbocycles. The number of carbonyl (C=O) groups is 1. The van der Waals surface area contributed by atoms with Gasteiger partial charge in [-0.3, -0.25) is 4.79 Å². The van der Waals surface area contributed by atoms with Crippen LogP contribution in [0, 0.1) is 11.3 Å². The van der Waals surface area contributed by atoms with Gasteiger partial charge in [-0.2, -0.15) is 0 Å². The van der Waals surface area contributed by atoms with E-state index in [1.807, 2.05) is 0 Å². The third-order valence-corrected chi connectivity index (χ3v) is 3.89. The lowest BCUT2D eigenvalue weighted by molar-refractivity contribution is -0.143. The van der Waals surface area contributed by atoms with Gasteiger partial charge in [0.15, 0.2) is 0 Å². The van der Waals surface area contributed by atoms with Crippen LogP contribution in [-0.4, -0.2) is 42.2 Å². The van der Waals surface area contributed by atoms with E-state index in [9.17, 15) is 4.79 Å². The van der Waals surface area contributed by atoms with Crippen LogP contribution in [0.1, 0.15) is 25.7 Å². The zero-order valence-corrected chi connectivity index (χ0v) is 9.11. The highest BCUT2D eigenvalue weighted by Crippen LogP contribution is 2.45. The molecule has 3 N–H and O–H groups in total. The molecule has 1 aliphatic heterocycles. The molecule has 15 heavy (non-hydrogen) atoms. The molecular weight excluding hydrogens is 192 g/mol. The average molecular weight is 212 g/mol. The first kappa shape index (κ1) is 10.9. The monoisotopic (exact) mass is 212 g/mol. The van der Waals surface area contributed by atoms with Crippen LogP contribution in [0.3, 0.4) is 0 Å². The molecule has 2 fully saturated rings. The molecule has 0 amide bonds. The van der Waals surface area contributed by atoms with Gasteiger partial charge >= 0.3 is 5.97 Å². The molecule has 1 saturated carbocycles. The van der Waals surface area contributed by atoms with Gasteiger partial charge in [0.05, 0.1) is 5.92 Å². The Balaban J connectivity index is 1.76. The molecule has 1 saturated heterocycles. The average Bonchev–Trinajstić information content (AvgIpc) is 2.99. The van der Waals surface area contributed by atoms with Crippen molar-refractivity contribution in [1.82, 2.24) is 4.90 Å². The second-order valence-corrected chi connectivity index (χ2v) is 5.09. The Hall–Kier alpha value is -0.610. The molecule has 2 aliphatic rings. The minimum absolute atomic E-state index is 0.116. The number of aliphatic carboxylic acids is 1. The number of hydrogen-bond acceptors (Lipinski definition) is 3. The lowest BCUT2D eigenvalue weighted by Crippen LogP contribution is -2.41. The van der Waals surface area contributed by atoms with Crippen molar-refractivity contribution in [2.24, 2.45) is 17.1 Å². The van der Waals surface area contributed by atoms with Crippen molar-refractivity contribution in [3.8, 4) is 0 Å². The van der Waals surface area contributed by atoms with E-state index in [0.29, 0.717) is 5.41 Å². The Morgan fingerprint density at radius 3 is 2.40 bits per heavy atom. The van der Waals surface area contributed by atoms with Gasteiger partial charge in [-0.1, -0.05) is 0 Å². The highest BCUT2D eigenvalue weighted by atomic mass is 16.4. The molecule has 0 aromatic rings. The summed E-state index contributed by atoms with van der Waals surface area (Å²) in [7, 11) is 0. The summed E-state index contributed by atoms with van der Waals surface area (Å²) < 4.78 is 0. The molecule has 86 valence electrons. The normalized spacial score (nSPS) is 26.5. The van der Waals surface area contributed by atoms with Gasteiger partial charge in [0, 0.05) is 6.54 Å². The van der Waals surface area contributed by atoms with Gasteiger partial charge in [-0.25, -0.2) is 0 Å². The van der Waals surface area contributed by atoms with Crippen molar-refractivity contribution in [2.75, 3.05) is 26.2 Å². The standard InChI is InChI=1S/C11H20N2O2/c12-7-11(3-4-11)8-13-5-1-9(2-6-13)10(14)15/h9H,1-8,12H2,(H,14,15). The number of carboxylic acid groups (broad SMARTS) is 1. The molecule has 1 heterocycles. The van der Waals surface area contributed by atoms with E-state index in [1.54, 1.807) is 0 Å². The van der Waals surface area contributed by atoms with Gasteiger partial charge in [-0.15, -0.1) is 0 Å². The largest absolute Gasteiger partial charge is 0.481 e. The Morgan fingerprint density at radius 2 is 2.00 bits per heavy atom. The van der Waals surface area contributed by atoms with Crippen LogP contribution < -0.4 is 5.73 Å². The van der Waals surface area contributed by atoms with E-state index in [0.717, 1.165) is 39.0 Å². The van der Waals surface area contributed by atoms with E-state index in [4.69, 9.17) is 10.8 Å². The molecule has 0 spiro atoms. The highest BCUT2D eigenvalue weighted by molar-refractivity contribution is 5.70. The zero-order valence-electron chi connectivity index (χ0n) is 9.11. The van der Waals surface area contributed by atoms with Gasteiger partial charge in [0.2, 0.25) is 0 Å². The van der Waals surface area contributed by atoms with Crippen LogP contribution in [0.4, 0.5) is 0 Å². The molecule has 0 atom stereocenters. The predicted octanol–water partition coefficient (Wildman–Crippen LogP) is 0.522. The molecule has 0 bridgehead atoms. The number of nitrogens with zero attached hydrogens (tertiary/aromatic N) is 1. The van der Waals surface area contributed by atoms with E-state index in [2.05, 4.69) is 4.90 Å². The van der Waals surface area contributed by atoms with Crippen LogP contribution in [0.25, 0.3) is 0 Å². The lowest BCUT2D eigenvalue weighted by atomic mass is 9.95. The van der Waals surface area contributed by atoms with Gasteiger partial charge in [-0.05, 0) is 50.7 Å². The van der Waals surface area contributed by atoms with Crippen LogP contribution in [0.2, 0.25) is 0 Å². The highest BCUT2D eigenvalue weighted by Gasteiger charge is 2.43. The summed E-state index contributed by atoms with van der Waals surface area (Å²) in [5.74, 6) is -0.746. The third-order valence-electron chi connectivity index (χ3n) is 3.89. The van der Waals surface area contributed by atoms with E-state index < -0.39 is 5.97 Å². The molecule has 0 aromatic heterocycles. The second kappa shape index (κ2) is 4.10. The molecular formula is C11H20N2O2. The Morgan fingerprint density at radius 1 is 1.40 bits per heavy atom. The van der Waals surface area contributed by atoms with Crippen molar-refractivity contribution in [3.63, 3.8) is 0 Å². The number of nitrogens with two attached hydrogens (primary N) is 1. The third kappa shape index (κ3) is 2.49. The SMILES string of the molecule is NCC1(CN2CCC(C(=O)O)CC2)CC1. The van der Waals surface area contributed by atoms with Crippen LogP contribution in [-0.2, 0) is 4.79 Å². The Labute approximate surface area is 90.4 Å². The Kier molecular flexibility index (Phi) is 2.98. The first-order chi connectivity index (χ1) is 7.15. The predicted molar refractivity (Wildman–Crippen MR) is 57.5 cm³/mol.